The van der Waals surface area contributed by atoms with Crippen molar-refractivity contribution < 1.29 is 4.79 Å². The van der Waals surface area contributed by atoms with Crippen molar-refractivity contribution in [2.24, 2.45) is 0 Å². The number of pyridine rings is 1. The number of nitrogens with one attached hydrogen (secondary N) is 2. The molecule has 0 radical (unpaired) electrons. The topological polar surface area (TPSA) is 70.7 Å². The van der Waals surface area contributed by atoms with Gasteiger partial charge in [0.15, 0.2) is 0 Å². The molecule has 5 nitrogen and oxygen atoms in total. The molecule has 0 fully saturated rings. The highest BCUT2D eigenvalue weighted by atomic mass is 79.9. The Kier molecular flexibility index (Phi) is 3.53. The molecular formula is C11H11BrN4O. The Labute approximate surface area is 107 Å². The number of aromatic amines is 1. The monoisotopic (exact) mass is 294 g/mol. The number of carbonyl (C=O) groups excluding carboxylic acids is 1. The first-order valence-corrected chi connectivity index (χ1v) is 5.95. The summed E-state index contributed by atoms with van der Waals surface area (Å²) in [6, 6.07) is 3.53. The van der Waals surface area contributed by atoms with Gasteiger partial charge < -0.3 is 5.32 Å². The van der Waals surface area contributed by atoms with Gasteiger partial charge in [-0.15, -0.1) is 0 Å². The summed E-state index contributed by atoms with van der Waals surface area (Å²) in [7, 11) is 0. The molecule has 88 valence electrons. The fraction of sp³-hybridized carbons (Fsp3) is 0.182. The average molecular weight is 295 g/mol. The van der Waals surface area contributed by atoms with Gasteiger partial charge in [0.2, 0.25) is 0 Å². The Morgan fingerprint density at radius 1 is 1.59 bits per heavy atom. The molecule has 17 heavy (non-hydrogen) atoms. The van der Waals surface area contributed by atoms with Gasteiger partial charge in [-0.3, -0.25) is 9.89 Å². The van der Waals surface area contributed by atoms with Crippen LogP contribution in [0, 0.1) is 0 Å². The van der Waals surface area contributed by atoms with Crippen LogP contribution in [0.2, 0.25) is 0 Å². The van der Waals surface area contributed by atoms with Gasteiger partial charge >= 0.3 is 0 Å². The number of H-pyrrole nitrogens is 1. The lowest BCUT2D eigenvalue weighted by molar-refractivity contribution is 0.102. The Balaban J connectivity index is 2.20. The van der Waals surface area contributed by atoms with Crippen LogP contribution in [0.15, 0.2) is 29.0 Å². The molecule has 0 aliphatic rings. The fourth-order valence-electron chi connectivity index (χ4n) is 1.41. The quantitative estimate of drug-likeness (QED) is 0.913. The average Bonchev–Trinajstić information content (AvgIpc) is 2.76. The number of nitrogens with zero attached hydrogens (tertiary/aromatic N) is 2. The molecule has 6 heteroatoms. The molecule has 0 unspecified atom stereocenters. The summed E-state index contributed by atoms with van der Waals surface area (Å²) in [5, 5.41) is 9.39. The standard InChI is InChI=1S/C11H11BrN4O/c1-2-7-6-14-16-10(7)15-11(17)9-8(12)4-3-5-13-9/h3-6H,2H2,1H3,(H2,14,15,16,17). The van der Waals surface area contributed by atoms with Crippen LogP contribution in [0.4, 0.5) is 5.82 Å². The molecule has 0 aromatic carbocycles. The third-order valence-electron chi connectivity index (χ3n) is 2.31. The third kappa shape index (κ3) is 2.52. The smallest absolute Gasteiger partial charge is 0.276 e. The van der Waals surface area contributed by atoms with E-state index in [2.05, 4.69) is 36.4 Å². The summed E-state index contributed by atoms with van der Waals surface area (Å²) in [6.07, 6.45) is 4.08. The number of aryl methyl sites for hydroxylation is 1. The number of rotatable bonds is 3. The lowest BCUT2D eigenvalue weighted by Crippen LogP contribution is -2.15. The van der Waals surface area contributed by atoms with Crippen LogP contribution < -0.4 is 5.32 Å². The second-order valence-electron chi connectivity index (χ2n) is 3.41. The van der Waals surface area contributed by atoms with Crippen molar-refractivity contribution in [2.45, 2.75) is 13.3 Å². The number of hydrogen-bond acceptors (Lipinski definition) is 3. The van der Waals surface area contributed by atoms with Crippen LogP contribution in [-0.2, 0) is 6.42 Å². The van der Waals surface area contributed by atoms with E-state index in [-0.39, 0.29) is 5.91 Å². The first-order chi connectivity index (χ1) is 8.22. The molecular weight excluding hydrogens is 284 g/mol. The maximum atomic E-state index is 11.9. The van der Waals surface area contributed by atoms with Crippen molar-refractivity contribution in [3.63, 3.8) is 0 Å². The maximum absolute atomic E-state index is 11.9. The molecule has 2 aromatic rings. The molecule has 2 heterocycles. The van der Waals surface area contributed by atoms with E-state index in [4.69, 9.17) is 0 Å². The van der Waals surface area contributed by atoms with Gasteiger partial charge in [-0.2, -0.15) is 5.10 Å². The Morgan fingerprint density at radius 2 is 2.41 bits per heavy atom. The van der Waals surface area contributed by atoms with Crippen LogP contribution in [-0.4, -0.2) is 21.1 Å². The van der Waals surface area contributed by atoms with E-state index in [0.717, 1.165) is 12.0 Å². The summed E-state index contributed by atoms with van der Waals surface area (Å²) in [6.45, 7) is 2.00. The van der Waals surface area contributed by atoms with Crippen LogP contribution in [0.3, 0.4) is 0 Å². The Hall–Kier alpha value is -1.69. The highest BCUT2D eigenvalue weighted by molar-refractivity contribution is 9.10. The van der Waals surface area contributed by atoms with Crippen LogP contribution in [0.25, 0.3) is 0 Å². The van der Waals surface area contributed by atoms with Crippen molar-refractivity contribution in [3.05, 3.63) is 40.3 Å². The summed E-state index contributed by atoms with van der Waals surface area (Å²) in [5.74, 6) is 0.353. The van der Waals surface area contributed by atoms with E-state index in [1.807, 2.05) is 6.92 Å². The van der Waals surface area contributed by atoms with E-state index < -0.39 is 0 Å². The molecule has 0 saturated heterocycles. The van der Waals surface area contributed by atoms with E-state index in [1.54, 1.807) is 24.5 Å². The predicted molar refractivity (Wildman–Crippen MR) is 67.9 cm³/mol. The zero-order valence-electron chi connectivity index (χ0n) is 9.20. The molecule has 0 bridgehead atoms. The van der Waals surface area contributed by atoms with Gasteiger partial charge in [0.05, 0.1) is 6.20 Å². The Bertz CT molecular complexity index is 538. The second-order valence-corrected chi connectivity index (χ2v) is 4.27. The number of anilines is 1. The summed E-state index contributed by atoms with van der Waals surface area (Å²) in [5.41, 5.74) is 1.31. The van der Waals surface area contributed by atoms with E-state index in [9.17, 15) is 4.79 Å². The maximum Gasteiger partial charge on any atom is 0.276 e. The lowest BCUT2D eigenvalue weighted by atomic mass is 10.2. The lowest BCUT2D eigenvalue weighted by Gasteiger charge is -2.05. The first-order valence-electron chi connectivity index (χ1n) is 5.16. The van der Waals surface area contributed by atoms with Gasteiger partial charge in [-0.05, 0) is 34.5 Å². The minimum atomic E-state index is -0.267. The zero-order chi connectivity index (χ0) is 12.3. The van der Waals surface area contributed by atoms with Gasteiger partial charge in [0.25, 0.3) is 5.91 Å². The predicted octanol–water partition coefficient (Wildman–Crippen LogP) is 2.38. The second kappa shape index (κ2) is 5.09. The van der Waals surface area contributed by atoms with Gasteiger partial charge in [0, 0.05) is 16.2 Å². The van der Waals surface area contributed by atoms with E-state index >= 15 is 0 Å². The molecule has 2 aromatic heterocycles. The molecule has 0 saturated carbocycles. The van der Waals surface area contributed by atoms with Gasteiger partial charge in [-0.25, -0.2) is 4.98 Å². The normalized spacial score (nSPS) is 10.2. The third-order valence-corrected chi connectivity index (χ3v) is 2.95. The summed E-state index contributed by atoms with van der Waals surface area (Å²) < 4.78 is 0.662. The van der Waals surface area contributed by atoms with Crippen molar-refractivity contribution in [1.82, 2.24) is 15.2 Å². The largest absolute Gasteiger partial charge is 0.305 e. The molecule has 0 aliphatic carbocycles. The van der Waals surface area contributed by atoms with Gasteiger partial charge in [0.1, 0.15) is 11.5 Å². The van der Waals surface area contributed by atoms with Crippen LogP contribution >= 0.6 is 15.9 Å². The van der Waals surface area contributed by atoms with Gasteiger partial charge in [-0.1, -0.05) is 6.92 Å². The van der Waals surface area contributed by atoms with Crippen molar-refractivity contribution >= 4 is 27.7 Å². The zero-order valence-corrected chi connectivity index (χ0v) is 10.8. The SMILES string of the molecule is CCc1cn[nH]c1NC(=O)c1ncccc1Br. The molecule has 2 rings (SSSR count). The minimum Gasteiger partial charge on any atom is -0.305 e. The molecule has 0 spiro atoms. The minimum absolute atomic E-state index is 0.267. The van der Waals surface area contributed by atoms with E-state index in [1.165, 1.54) is 0 Å². The first kappa shape index (κ1) is 11.8. The highest BCUT2D eigenvalue weighted by Crippen LogP contribution is 2.16. The van der Waals surface area contributed by atoms with E-state index in [0.29, 0.717) is 16.0 Å². The summed E-state index contributed by atoms with van der Waals surface area (Å²) >= 11 is 3.29. The Morgan fingerprint density at radius 3 is 3.12 bits per heavy atom. The van der Waals surface area contributed by atoms with Crippen molar-refractivity contribution in [3.8, 4) is 0 Å². The number of carbonyl (C=O) groups is 1. The molecule has 0 atom stereocenters. The number of halogens is 1. The summed E-state index contributed by atoms with van der Waals surface area (Å²) in [4.78, 5) is 16.0. The number of hydrogen-bond donors (Lipinski definition) is 2. The van der Waals surface area contributed by atoms with Crippen molar-refractivity contribution in [2.75, 3.05) is 5.32 Å². The molecule has 0 aliphatic heterocycles. The van der Waals surface area contributed by atoms with Crippen LogP contribution in [0.5, 0.6) is 0 Å². The molecule has 2 N–H and O–H groups in total. The molecule has 1 amide bonds. The van der Waals surface area contributed by atoms with Crippen LogP contribution in [0.1, 0.15) is 23.0 Å². The van der Waals surface area contributed by atoms with Crippen molar-refractivity contribution in [1.29, 1.82) is 0 Å². The highest BCUT2D eigenvalue weighted by Gasteiger charge is 2.13. The fourth-order valence-corrected chi connectivity index (χ4v) is 1.85. The number of aromatic nitrogens is 3. The number of amides is 1.